The van der Waals surface area contributed by atoms with Crippen LogP contribution in [0.25, 0.3) is 0 Å². The molecule has 0 atom stereocenters. The first-order valence-corrected chi connectivity index (χ1v) is 5.69. The van der Waals surface area contributed by atoms with Gasteiger partial charge >= 0.3 is 0 Å². The first-order valence-electron chi connectivity index (χ1n) is 5.69. The smallest absolute Gasteiger partial charge is 0.161 e. The van der Waals surface area contributed by atoms with Crippen LogP contribution in [0.5, 0.6) is 11.5 Å². The van der Waals surface area contributed by atoms with E-state index in [4.69, 9.17) is 15.2 Å². The van der Waals surface area contributed by atoms with Gasteiger partial charge in [0.1, 0.15) is 0 Å². The Morgan fingerprint density at radius 3 is 2.56 bits per heavy atom. The number of benzene rings is 1. The predicted octanol–water partition coefficient (Wildman–Crippen LogP) is 2.55. The Balaban J connectivity index is 2.80. The quantitative estimate of drug-likeness (QED) is 0.754. The van der Waals surface area contributed by atoms with Gasteiger partial charge in [-0.05, 0) is 36.6 Å². The van der Waals surface area contributed by atoms with Gasteiger partial charge in [0, 0.05) is 0 Å². The monoisotopic (exact) mass is 223 g/mol. The van der Waals surface area contributed by atoms with Crippen LogP contribution in [0, 0.1) is 0 Å². The van der Waals surface area contributed by atoms with Crippen molar-refractivity contribution in [1.29, 1.82) is 0 Å². The van der Waals surface area contributed by atoms with Crippen molar-refractivity contribution < 1.29 is 9.47 Å². The number of nitrogens with two attached hydrogens (primary N) is 1. The van der Waals surface area contributed by atoms with Crippen molar-refractivity contribution in [3.8, 4) is 11.5 Å². The summed E-state index contributed by atoms with van der Waals surface area (Å²) in [5.41, 5.74) is 6.68. The Kier molecular flexibility index (Phi) is 5.12. The van der Waals surface area contributed by atoms with Gasteiger partial charge in [-0.25, -0.2) is 0 Å². The molecule has 1 aromatic carbocycles. The van der Waals surface area contributed by atoms with E-state index in [1.807, 2.05) is 12.1 Å². The van der Waals surface area contributed by atoms with E-state index in [1.165, 1.54) is 5.56 Å². The fourth-order valence-electron chi connectivity index (χ4n) is 1.43. The SMILES string of the molecule is COc1ccc(C(C)C)cc1OCCCN. The summed E-state index contributed by atoms with van der Waals surface area (Å²) in [5.74, 6) is 2.08. The Hall–Kier alpha value is -1.22. The zero-order chi connectivity index (χ0) is 12.0. The molecule has 1 aromatic rings. The van der Waals surface area contributed by atoms with E-state index in [0.29, 0.717) is 19.1 Å². The van der Waals surface area contributed by atoms with E-state index < -0.39 is 0 Å². The summed E-state index contributed by atoms with van der Waals surface area (Å²) in [6, 6.07) is 6.06. The molecular weight excluding hydrogens is 202 g/mol. The molecule has 2 N–H and O–H groups in total. The first kappa shape index (κ1) is 12.8. The van der Waals surface area contributed by atoms with Crippen LogP contribution in [-0.2, 0) is 0 Å². The van der Waals surface area contributed by atoms with E-state index >= 15 is 0 Å². The van der Waals surface area contributed by atoms with Gasteiger partial charge in [-0.1, -0.05) is 19.9 Å². The molecule has 0 radical (unpaired) electrons. The van der Waals surface area contributed by atoms with Gasteiger partial charge in [0.25, 0.3) is 0 Å². The third-order valence-corrected chi connectivity index (χ3v) is 2.46. The Bertz CT molecular complexity index is 324. The van der Waals surface area contributed by atoms with Crippen LogP contribution in [0.1, 0.15) is 31.7 Å². The molecule has 3 nitrogen and oxygen atoms in total. The molecule has 0 unspecified atom stereocenters. The molecule has 1 rings (SSSR count). The molecule has 0 aromatic heterocycles. The minimum absolute atomic E-state index is 0.489. The van der Waals surface area contributed by atoms with Crippen LogP contribution >= 0.6 is 0 Å². The molecule has 0 amide bonds. The second kappa shape index (κ2) is 6.38. The zero-order valence-electron chi connectivity index (χ0n) is 10.3. The molecular formula is C13H21NO2. The second-order valence-corrected chi connectivity index (χ2v) is 4.06. The van der Waals surface area contributed by atoms with E-state index in [1.54, 1.807) is 7.11 Å². The number of hydrogen-bond acceptors (Lipinski definition) is 3. The van der Waals surface area contributed by atoms with E-state index in [0.717, 1.165) is 17.9 Å². The molecule has 3 heteroatoms. The van der Waals surface area contributed by atoms with Crippen molar-refractivity contribution >= 4 is 0 Å². The normalized spacial score (nSPS) is 10.6. The van der Waals surface area contributed by atoms with Crippen molar-refractivity contribution in [3.05, 3.63) is 23.8 Å². The average Bonchev–Trinajstić information content (AvgIpc) is 2.29. The van der Waals surface area contributed by atoms with Crippen molar-refractivity contribution in [3.63, 3.8) is 0 Å². The minimum Gasteiger partial charge on any atom is -0.493 e. The highest BCUT2D eigenvalue weighted by atomic mass is 16.5. The Labute approximate surface area is 97.6 Å². The summed E-state index contributed by atoms with van der Waals surface area (Å²) >= 11 is 0. The van der Waals surface area contributed by atoms with Gasteiger partial charge in [-0.2, -0.15) is 0 Å². The Morgan fingerprint density at radius 2 is 2.00 bits per heavy atom. The number of methoxy groups -OCH3 is 1. The highest BCUT2D eigenvalue weighted by Crippen LogP contribution is 2.30. The predicted molar refractivity (Wildman–Crippen MR) is 66.2 cm³/mol. The summed E-state index contributed by atoms with van der Waals surface area (Å²) in [6.45, 7) is 5.59. The van der Waals surface area contributed by atoms with E-state index in [9.17, 15) is 0 Å². The van der Waals surface area contributed by atoms with Crippen LogP contribution in [0.15, 0.2) is 18.2 Å². The molecule has 0 aliphatic heterocycles. The highest BCUT2D eigenvalue weighted by Gasteiger charge is 2.07. The number of rotatable bonds is 6. The van der Waals surface area contributed by atoms with Crippen molar-refractivity contribution in [2.24, 2.45) is 5.73 Å². The maximum absolute atomic E-state index is 5.65. The van der Waals surface area contributed by atoms with E-state index in [-0.39, 0.29) is 0 Å². The third kappa shape index (κ3) is 3.42. The summed E-state index contributed by atoms with van der Waals surface area (Å²) in [7, 11) is 1.65. The third-order valence-electron chi connectivity index (χ3n) is 2.46. The lowest BCUT2D eigenvalue weighted by Crippen LogP contribution is -2.07. The van der Waals surface area contributed by atoms with Crippen LogP contribution in [0.4, 0.5) is 0 Å². The van der Waals surface area contributed by atoms with Gasteiger partial charge in [0.15, 0.2) is 11.5 Å². The fraction of sp³-hybridized carbons (Fsp3) is 0.538. The maximum atomic E-state index is 5.65. The lowest BCUT2D eigenvalue weighted by atomic mass is 10.0. The highest BCUT2D eigenvalue weighted by molar-refractivity contribution is 5.43. The average molecular weight is 223 g/mol. The molecule has 0 heterocycles. The van der Waals surface area contributed by atoms with Gasteiger partial charge in [-0.15, -0.1) is 0 Å². The van der Waals surface area contributed by atoms with Gasteiger partial charge in [0.2, 0.25) is 0 Å². The lowest BCUT2D eigenvalue weighted by molar-refractivity contribution is 0.291. The van der Waals surface area contributed by atoms with Crippen LogP contribution < -0.4 is 15.2 Å². The summed E-state index contributed by atoms with van der Waals surface area (Å²) in [5, 5.41) is 0. The summed E-state index contributed by atoms with van der Waals surface area (Å²) < 4.78 is 10.9. The molecule has 0 saturated heterocycles. The largest absolute Gasteiger partial charge is 0.493 e. The summed E-state index contributed by atoms with van der Waals surface area (Å²) in [6.07, 6.45) is 0.856. The number of ether oxygens (including phenoxy) is 2. The first-order chi connectivity index (χ1) is 7.69. The minimum atomic E-state index is 0.489. The topological polar surface area (TPSA) is 44.5 Å². The molecule has 0 saturated carbocycles. The Morgan fingerprint density at radius 1 is 1.25 bits per heavy atom. The standard InChI is InChI=1S/C13H21NO2/c1-10(2)11-5-6-12(15-3)13(9-11)16-8-4-7-14/h5-6,9-10H,4,7-8,14H2,1-3H3. The molecule has 0 spiro atoms. The molecule has 0 fully saturated rings. The van der Waals surface area contributed by atoms with Crippen LogP contribution in [0.2, 0.25) is 0 Å². The molecule has 90 valence electrons. The second-order valence-electron chi connectivity index (χ2n) is 4.06. The van der Waals surface area contributed by atoms with Gasteiger partial charge < -0.3 is 15.2 Å². The summed E-state index contributed by atoms with van der Waals surface area (Å²) in [4.78, 5) is 0. The van der Waals surface area contributed by atoms with Crippen molar-refractivity contribution in [1.82, 2.24) is 0 Å². The van der Waals surface area contributed by atoms with Crippen LogP contribution in [0.3, 0.4) is 0 Å². The van der Waals surface area contributed by atoms with Crippen LogP contribution in [-0.4, -0.2) is 20.3 Å². The van der Waals surface area contributed by atoms with Gasteiger partial charge in [0.05, 0.1) is 13.7 Å². The number of hydrogen-bond donors (Lipinski definition) is 1. The lowest BCUT2D eigenvalue weighted by Gasteiger charge is -2.13. The van der Waals surface area contributed by atoms with Crippen molar-refractivity contribution in [2.75, 3.05) is 20.3 Å². The molecule has 0 aliphatic carbocycles. The van der Waals surface area contributed by atoms with E-state index in [2.05, 4.69) is 19.9 Å². The molecule has 0 bridgehead atoms. The fourth-order valence-corrected chi connectivity index (χ4v) is 1.43. The molecule has 16 heavy (non-hydrogen) atoms. The van der Waals surface area contributed by atoms with Crippen molar-refractivity contribution in [2.45, 2.75) is 26.2 Å². The van der Waals surface area contributed by atoms with Gasteiger partial charge in [-0.3, -0.25) is 0 Å². The zero-order valence-corrected chi connectivity index (χ0v) is 10.3. The molecule has 0 aliphatic rings. The maximum Gasteiger partial charge on any atom is 0.161 e.